The molecule has 0 saturated heterocycles. The van der Waals surface area contributed by atoms with Gasteiger partial charge in [0.05, 0.1) is 29.1 Å². The fraction of sp³-hybridized carbons (Fsp3) is 0.111. The molecule has 1 N–H and O–H groups in total. The minimum atomic E-state index is -0.227. The van der Waals surface area contributed by atoms with Crippen LogP contribution in [0.4, 0.5) is 5.69 Å². The number of hydrogen-bond donors (Lipinski definition) is 1. The number of nitrogens with one attached hydrogen (secondary N) is 1. The smallest absolute Gasteiger partial charge is 0.234 e. The highest BCUT2D eigenvalue weighted by molar-refractivity contribution is 7.99. The molecule has 0 aliphatic carbocycles. The van der Waals surface area contributed by atoms with Crippen LogP contribution >= 0.6 is 23.4 Å². The predicted molar refractivity (Wildman–Crippen MR) is 103 cm³/mol. The van der Waals surface area contributed by atoms with Crippen LogP contribution in [0, 0.1) is 11.3 Å². The van der Waals surface area contributed by atoms with Gasteiger partial charge in [-0.25, -0.2) is 0 Å². The standard InChI is InChI=1S/C18H14ClN5O2S/c1-26-16-5-3-2-4-15(16)24-11-21-23-18(24)27-10-17(25)22-13-7-6-12(9-20)14(19)8-13/h2-8,11H,10H2,1H3,(H,22,25). The molecule has 9 heteroatoms. The molecule has 0 spiro atoms. The number of methoxy groups -OCH3 is 1. The summed E-state index contributed by atoms with van der Waals surface area (Å²) in [5.41, 5.74) is 1.66. The number of hydrogen-bond acceptors (Lipinski definition) is 6. The molecule has 27 heavy (non-hydrogen) atoms. The van der Waals surface area contributed by atoms with E-state index in [1.165, 1.54) is 11.8 Å². The normalized spacial score (nSPS) is 10.3. The summed E-state index contributed by atoms with van der Waals surface area (Å²) < 4.78 is 7.12. The number of rotatable bonds is 6. The van der Waals surface area contributed by atoms with Gasteiger partial charge in [0.2, 0.25) is 5.91 Å². The molecule has 0 fully saturated rings. The summed E-state index contributed by atoms with van der Waals surface area (Å²) in [5, 5.41) is 20.5. The minimum absolute atomic E-state index is 0.130. The first kappa shape index (κ1) is 18.8. The molecule has 3 rings (SSSR count). The number of halogens is 1. The van der Waals surface area contributed by atoms with Crippen molar-refractivity contribution >= 4 is 35.0 Å². The van der Waals surface area contributed by atoms with Gasteiger partial charge in [-0.15, -0.1) is 10.2 Å². The second-order valence-electron chi connectivity index (χ2n) is 5.30. The van der Waals surface area contributed by atoms with E-state index in [-0.39, 0.29) is 11.7 Å². The summed E-state index contributed by atoms with van der Waals surface area (Å²) in [7, 11) is 1.59. The number of para-hydroxylation sites is 2. The van der Waals surface area contributed by atoms with Gasteiger partial charge < -0.3 is 10.1 Å². The molecule has 0 saturated carbocycles. The second-order valence-corrected chi connectivity index (χ2v) is 6.65. The van der Waals surface area contributed by atoms with Crippen molar-refractivity contribution in [2.45, 2.75) is 5.16 Å². The maximum Gasteiger partial charge on any atom is 0.234 e. The molecule has 0 unspecified atom stereocenters. The van der Waals surface area contributed by atoms with E-state index in [1.807, 2.05) is 30.3 Å². The summed E-state index contributed by atoms with van der Waals surface area (Å²) in [4.78, 5) is 12.2. The molecule has 1 amide bonds. The SMILES string of the molecule is COc1ccccc1-n1cnnc1SCC(=O)Nc1ccc(C#N)c(Cl)c1. The van der Waals surface area contributed by atoms with Crippen LogP contribution in [-0.4, -0.2) is 33.5 Å². The Morgan fingerprint density at radius 1 is 1.37 bits per heavy atom. The Hall–Kier alpha value is -3.02. The van der Waals surface area contributed by atoms with E-state index >= 15 is 0 Å². The van der Waals surface area contributed by atoms with Gasteiger partial charge in [-0.3, -0.25) is 9.36 Å². The van der Waals surface area contributed by atoms with Crippen molar-refractivity contribution in [3.63, 3.8) is 0 Å². The number of carbonyl (C=O) groups is 1. The van der Waals surface area contributed by atoms with Crippen LogP contribution in [-0.2, 0) is 4.79 Å². The molecule has 0 radical (unpaired) electrons. The van der Waals surface area contributed by atoms with E-state index in [2.05, 4.69) is 15.5 Å². The van der Waals surface area contributed by atoms with Crippen LogP contribution in [0.1, 0.15) is 5.56 Å². The Balaban J connectivity index is 1.68. The molecular weight excluding hydrogens is 386 g/mol. The van der Waals surface area contributed by atoms with Gasteiger partial charge in [-0.05, 0) is 30.3 Å². The summed E-state index contributed by atoms with van der Waals surface area (Å²) in [6.07, 6.45) is 1.57. The molecule has 2 aromatic carbocycles. The van der Waals surface area contributed by atoms with E-state index in [9.17, 15) is 4.79 Å². The summed E-state index contributed by atoms with van der Waals surface area (Å²) in [6, 6.07) is 14.2. The number of carbonyl (C=O) groups excluding carboxylic acids is 1. The Bertz CT molecular complexity index is 1010. The zero-order chi connectivity index (χ0) is 19.2. The molecule has 136 valence electrons. The van der Waals surface area contributed by atoms with Crippen molar-refractivity contribution in [3.05, 3.63) is 59.4 Å². The maximum absolute atomic E-state index is 12.2. The highest BCUT2D eigenvalue weighted by atomic mass is 35.5. The lowest BCUT2D eigenvalue weighted by Gasteiger charge is -2.10. The summed E-state index contributed by atoms with van der Waals surface area (Å²) >= 11 is 7.22. The van der Waals surface area contributed by atoms with Crippen molar-refractivity contribution in [1.82, 2.24) is 14.8 Å². The first-order chi connectivity index (χ1) is 13.1. The zero-order valence-electron chi connectivity index (χ0n) is 14.2. The van der Waals surface area contributed by atoms with Crippen LogP contribution < -0.4 is 10.1 Å². The van der Waals surface area contributed by atoms with Crippen molar-refractivity contribution in [2.75, 3.05) is 18.2 Å². The van der Waals surface area contributed by atoms with Crippen molar-refractivity contribution in [1.29, 1.82) is 5.26 Å². The van der Waals surface area contributed by atoms with Crippen LogP contribution in [0.2, 0.25) is 5.02 Å². The first-order valence-corrected chi connectivity index (χ1v) is 9.14. The van der Waals surface area contributed by atoms with Crippen molar-refractivity contribution in [3.8, 4) is 17.5 Å². The number of thioether (sulfide) groups is 1. The zero-order valence-corrected chi connectivity index (χ0v) is 15.8. The number of aromatic nitrogens is 3. The molecular formula is C18H14ClN5O2S. The third-order valence-electron chi connectivity index (χ3n) is 3.57. The van der Waals surface area contributed by atoms with Crippen LogP contribution in [0.5, 0.6) is 5.75 Å². The predicted octanol–water partition coefficient (Wildman–Crippen LogP) is 3.53. The molecule has 7 nitrogen and oxygen atoms in total. The number of nitrogens with zero attached hydrogens (tertiary/aromatic N) is 4. The number of amides is 1. The first-order valence-electron chi connectivity index (χ1n) is 7.78. The Morgan fingerprint density at radius 2 is 2.19 bits per heavy atom. The van der Waals surface area contributed by atoms with Crippen molar-refractivity contribution in [2.24, 2.45) is 0 Å². The van der Waals surface area contributed by atoms with E-state index in [0.29, 0.717) is 27.2 Å². The Morgan fingerprint density at radius 3 is 2.93 bits per heavy atom. The molecule has 0 aliphatic heterocycles. The van der Waals surface area contributed by atoms with Gasteiger partial charge in [0.1, 0.15) is 18.1 Å². The van der Waals surface area contributed by atoms with Crippen LogP contribution in [0.3, 0.4) is 0 Å². The lowest BCUT2D eigenvalue weighted by Crippen LogP contribution is -2.14. The van der Waals surface area contributed by atoms with E-state index in [4.69, 9.17) is 21.6 Å². The van der Waals surface area contributed by atoms with Gasteiger partial charge in [0.15, 0.2) is 5.16 Å². The maximum atomic E-state index is 12.2. The lowest BCUT2D eigenvalue weighted by atomic mass is 10.2. The highest BCUT2D eigenvalue weighted by Crippen LogP contribution is 2.27. The fourth-order valence-corrected chi connectivity index (χ4v) is 3.27. The van der Waals surface area contributed by atoms with Gasteiger partial charge >= 0.3 is 0 Å². The monoisotopic (exact) mass is 399 g/mol. The average molecular weight is 400 g/mol. The quantitative estimate of drug-likeness (QED) is 0.637. The number of anilines is 1. The molecule has 0 atom stereocenters. The molecule has 3 aromatic rings. The van der Waals surface area contributed by atoms with Gasteiger partial charge in [-0.1, -0.05) is 35.5 Å². The van der Waals surface area contributed by atoms with E-state index in [1.54, 1.807) is 36.2 Å². The van der Waals surface area contributed by atoms with Gasteiger partial charge in [0.25, 0.3) is 0 Å². The Labute approximate surface area is 164 Å². The van der Waals surface area contributed by atoms with Crippen LogP contribution in [0.25, 0.3) is 5.69 Å². The fourth-order valence-electron chi connectivity index (χ4n) is 2.33. The number of benzene rings is 2. The topological polar surface area (TPSA) is 92.8 Å². The Kier molecular flexibility index (Phi) is 5.96. The molecule has 1 aromatic heterocycles. The van der Waals surface area contributed by atoms with Gasteiger partial charge in [-0.2, -0.15) is 5.26 Å². The van der Waals surface area contributed by atoms with E-state index in [0.717, 1.165) is 5.69 Å². The lowest BCUT2D eigenvalue weighted by molar-refractivity contribution is -0.113. The molecule has 0 aliphatic rings. The van der Waals surface area contributed by atoms with Gasteiger partial charge in [0, 0.05) is 5.69 Å². The molecule has 1 heterocycles. The largest absolute Gasteiger partial charge is 0.495 e. The third-order valence-corrected chi connectivity index (χ3v) is 4.82. The third kappa shape index (κ3) is 4.39. The number of nitriles is 1. The average Bonchev–Trinajstić information content (AvgIpc) is 3.15. The number of ether oxygens (including phenoxy) is 1. The highest BCUT2D eigenvalue weighted by Gasteiger charge is 2.13. The summed E-state index contributed by atoms with van der Waals surface area (Å²) in [6.45, 7) is 0. The van der Waals surface area contributed by atoms with Crippen molar-refractivity contribution < 1.29 is 9.53 Å². The second kappa shape index (κ2) is 8.58. The minimum Gasteiger partial charge on any atom is -0.495 e. The molecule has 0 bridgehead atoms. The summed E-state index contributed by atoms with van der Waals surface area (Å²) in [5.74, 6) is 0.581. The van der Waals surface area contributed by atoms with E-state index < -0.39 is 0 Å². The van der Waals surface area contributed by atoms with Crippen LogP contribution in [0.15, 0.2) is 53.9 Å².